The number of hydrogen-bond acceptors (Lipinski definition) is 3. The van der Waals surface area contributed by atoms with Crippen LogP contribution in [0.15, 0.2) is 17.1 Å². The number of pyridine rings is 1. The van der Waals surface area contributed by atoms with Crippen molar-refractivity contribution in [3.8, 4) is 0 Å². The highest BCUT2D eigenvalue weighted by Gasteiger charge is 2.28. The minimum absolute atomic E-state index is 0.173. The molecule has 1 aliphatic heterocycles. The summed E-state index contributed by atoms with van der Waals surface area (Å²) in [5, 5.41) is 0. The van der Waals surface area contributed by atoms with Gasteiger partial charge in [-0.3, -0.25) is 14.4 Å². The summed E-state index contributed by atoms with van der Waals surface area (Å²) in [6.45, 7) is 7.54. The molecule has 132 valence electrons. The highest BCUT2D eigenvalue weighted by atomic mass is 16.2. The van der Waals surface area contributed by atoms with Gasteiger partial charge < -0.3 is 15.2 Å². The minimum Gasteiger partial charge on any atom is -0.369 e. The average molecular weight is 333 g/mol. The van der Waals surface area contributed by atoms with Crippen molar-refractivity contribution in [2.24, 2.45) is 17.6 Å². The van der Waals surface area contributed by atoms with Crippen LogP contribution in [-0.4, -0.2) is 34.4 Å². The van der Waals surface area contributed by atoms with Gasteiger partial charge in [0.1, 0.15) is 5.56 Å². The topological polar surface area (TPSA) is 85.4 Å². The molecule has 24 heavy (non-hydrogen) atoms. The molecule has 1 aromatic rings. The van der Waals surface area contributed by atoms with Crippen molar-refractivity contribution >= 4 is 11.8 Å². The Morgan fingerprint density at radius 3 is 2.46 bits per heavy atom. The number of rotatable bonds is 5. The molecule has 2 rings (SSSR count). The number of piperidine rings is 1. The van der Waals surface area contributed by atoms with Crippen LogP contribution in [-0.2, 0) is 11.3 Å². The molecular weight excluding hydrogens is 306 g/mol. The molecule has 1 saturated heterocycles. The van der Waals surface area contributed by atoms with E-state index in [-0.39, 0.29) is 28.9 Å². The Bertz CT molecular complexity index is 671. The number of carbonyl (C=O) groups is 2. The number of likely N-dealkylation sites (tertiary alicyclic amines) is 1. The van der Waals surface area contributed by atoms with Gasteiger partial charge in [-0.25, -0.2) is 0 Å². The summed E-state index contributed by atoms with van der Waals surface area (Å²) in [5.74, 6) is -0.229. The van der Waals surface area contributed by atoms with Gasteiger partial charge in [0.05, 0.1) is 0 Å². The summed E-state index contributed by atoms with van der Waals surface area (Å²) < 4.78 is 1.62. The highest BCUT2D eigenvalue weighted by Crippen LogP contribution is 2.19. The molecular formula is C18H27N3O3. The fourth-order valence-corrected chi connectivity index (χ4v) is 3.02. The third-order valence-corrected chi connectivity index (χ3v) is 4.72. The number of nitrogens with zero attached hydrogens (tertiary/aromatic N) is 2. The largest absolute Gasteiger partial charge is 0.369 e. The summed E-state index contributed by atoms with van der Waals surface area (Å²) in [7, 11) is 0. The summed E-state index contributed by atoms with van der Waals surface area (Å²) in [6, 6.07) is 1.82. The zero-order valence-electron chi connectivity index (χ0n) is 14.7. The Labute approximate surface area is 142 Å². The third kappa shape index (κ3) is 4.04. The van der Waals surface area contributed by atoms with Crippen LogP contribution in [0, 0.1) is 18.8 Å². The molecule has 0 aromatic carbocycles. The van der Waals surface area contributed by atoms with E-state index < -0.39 is 0 Å². The van der Waals surface area contributed by atoms with Gasteiger partial charge in [-0.05, 0) is 43.7 Å². The molecule has 0 radical (unpaired) electrons. The summed E-state index contributed by atoms with van der Waals surface area (Å²) in [4.78, 5) is 38.4. The van der Waals surface area contributed by atoms with E-state index in [1.807, 2.05) is 6.07 Å². The molecule has 0 aliphatic carbocycles. The molecule has 1 fully saturated rings. The Morgan fingerprint density at radius 1 is 1.29 bits per heavy atom. The van der Waals surface area contributed by atoms with Gasteiger partial charge in [0.15, 0.2) is 0 Å². The molecule has 2 amide bonds. The van der Waals surface area contributed by atoms with Gasteiger partial charge in [0.2, 0.25) is 5.91 Å². The first kappa shape index (κ1) is 18.2. The van der Waals surface area contributed by atoms with Crippen LogP contribution in [0.25, 0.3) is 0 Å². The monoisotopic (exact) mass is 333 g/mol. The quantitative estimate of drug-likeness (QED) is 0.887. The molecule has 0 bridgehead atoms. The summed E-state index contributed by atoms with van der Waals surface area (Å²) >= 11 is 0. The van der Waals surface area contributed by atoms with Gasteiger partial charge in [0, 0.05) is 31.7 Å². The van der Waals surface area contributed by atoms with E-state index in [1.165, 1.54) is 0 Å². The number of primary amides is 1. The molecule has 0 unspecified atom stereocenters. The van der Waals surface area contributed by atoms with Gasteiger partial charge >= 0.3 is 0 Å². The predicted octanol–water partition coefficient (Wildman–Crippen LogP) is 1.54. The fourth-order valence-electron chi connectivity index (χ4n) is 3.02. The Hall–Kier alpha value is -2.11. The maximum atomic E-state index is 12.8. The maximum absolute atomic E-state index is 12.8. The van der Waals surface area contributed by atoms with E-state index in [1.54, 1.807) is 22.6 Å². The number of amides is 2. The Balaban J connectivity index is 2.19. The molecule has 6 nitrogen and oxygen atoms in total. The zero-order chi connectivity index (χ0) is 17.9. The van der Waals surface area contributed by atoms with Gasteiger partial charge in [0.25, 0.3) is 11.5 Å². The van der Waals surface area contributed by atoms with E-state index in [2.05, 4.69) is 13.8 Å². The lowest BCUT2D eigenvalue weighted by molar-refractivity contribution is -0.123. The predicted molar refractivity (Wildman–Crippen MR) is 92.7 cm³/mol. The molecule has 0 spiro atoms. The Kier molecular flexibility index (Phi) is 5.80. The number of carbonyl (C=O) groups excluding carboxylic acids is 2. The molecule has 2 heterocycles. The number of hydrogen-bond donors (Lipinski definition) is 1. The maximum Gasteiger partial charge on any atom is 0.263 e. The van der Waals surface area contributed by atoms with Crippen LogP contribution >= 0.6 is 0 Å². The number of aromatic nitrogens is 1. The van der Waals surface area contributed by atoms with E-state index in [0.29, 0.717) is 44.0 Å². The first-order valence-electron chi connectivity index (χ1n) is 8.60. The van der Waals surface area contributed by atoms with Crippen LogP contribution in [0.5, 0.6) is 0 Å². The second kappa shape index (κ2) is 7.64. The van der Waals surface area contributed by atoms with Gasteiger partial charge in [-0.1, -0.05) is 13.8 Å². The smallest absolute Gasteiger partial charge is 0.263 e. The Morgan fingerprint density at radius 2 is 1.92 bits per heavy atom. The van der Waals surface area contributed by atoms with Crippen LogP contribution in [0.4, 0.5) is 0 Å². The minimum atomic E-state index is -0.311. The second-order valence-corrected chi connectivity index (χ2v) is 7.02. The third-order valence-electron chi connectivity index (χ3n) is 4.72. The molecule has 1 aliphatic rings. The van der Waals surface area contributed by atoms with Crippen molar-refractivity contribution < 1.29 is 9.59 Å². The van der Waals surface area contributed by atoms with E-state index in [9.17, 15) is 14.4 Å². The van der Waals surface area contributed by atoms with Crippen molar-refractivity contribution in [3.63, 3.8) is 0 Å². The molecule has 1 aromatic heterocycles. The van der Waals surface area contributed by atoms with E-state index in [0.717, 1.165) is 6.42 Å². The highest BCUT2D eigenvalue weighted by molar-refractivity contribution is 5.95. The van der Waals surface area contributed by atoms with E-state index in [4.69, 9.17) is 5.73 Å². The lowest BCUT2D eigenvalue weighted by Crippen LogP contribution is -2.44. The van der Waals surface area contributed by atoms with Gasteiger partial charge in [-0.15, -0.1) is 0 Å². The van der Waals surface area contributed by atoms with Crippen LogP contribution in [0.2, 0.25) is 0 Å². The second-order valence-electron chi connectivity index (χ2n) is 7.02. The van der Waals surface area contributed by atoms with Crippen molar-refractivity contribution in [3.05, 3.63) is 33.7 Å². The molecule has 6 heteroatoms. The van der Waals surface area contributed by atoms with Crippen LogP contribution < -0.4 is 11.3 Å². The lowest BCUT2D eigenvalue weighted by atomic mass is 9.95. The van der Waals surface area contributed by atoms with Crippen molar-refractivity contribution in [2.75, 3.05) is 13.1 Å². The average Bonchev–Trinajstić information content (AvgIpc) is 2.54. The van der Waals surface area contributed by atoms with Crippen LogP contribution in [0.3, 0.4) is 0 Å². The number of aryl methyl sites for hydroxylation is 2. The normalized spacial score (nSPS) is 15.8. The molecule has 0 saturated carbocycles. The van der Waals surface area contributed by atoms with Crippen LogP contribution in [0.1, 0.15) is 49.0 Å². The lowest BCUT2D eigenvalue weighted by Gasteiger charge is -2.30. The first-order chi connectivity index (χ1) is 11.3. The van der Waals surface area contributed by atoms with Gasteiger partial charge in [-0.2, -0.15) is 0 Å². The van der Waals surface area contributed by atoms with E-state index >= 15 is 0 Å². The van der Waals surface area contributed by atoms with Crippen molar-refractivity contribution in [1.29, 1.82) is 0 Å². The fraction of sp³-hybridized carbons (Fsp3) is 0.611. The van der Waals surface area contributed by atoms with Crippen molar-refractivity contribution in [1.82, 2.24) is 9.47 Å². The summed E-state index contributed by atoms with van der Waals surface area (Å²) in [5.41, 5.74) is 6.05. The standard InChI is InChI=1S/C18H27N3O3/c1-12(2)4-8-20-9-5-13(3)15(17(20)23)18(24)21-10-6-14(7-11-21)16(19)22/h5,9,12,14H,4,6-8,10-11H2,1-3H3,(H2,19,22). The molecule has 2 N–H and O–H groups in total. The zero-order valence-corrected chi connectivity index (χ0v) is 14.7. The SMILES string of the molecule is Cc1ccn(CCC(C)C)c(=O)c1C(=O)N1CCC(C(N)=O)CC1. The summed E-state index contributed by atoms with van der Waals surface area (Å²) in [6.07, 6.45) is 3.78. The van der Waals surface area contributed by atoms with Crippen molar-refractivity contribution in [2.45, 2.75) is 46.6 Å². The molecule has 0 atom stereocenters. The number of nitrogens with two attached hydrogens (primary N) is 1. The first-order valence-corrected chi connectivity index (χ1v) is 8.60.